The normalized spacial score (nSPS) is 16.7. The Hall–Kier alpha value is -1.46. The summed E-state index contributed by atoms with van der Waals surface area (Å²) in [5.41, 5.74) is -0.0996. The summed E-state index contributed by atoms with van der Waals surface area (Å²) in [6.45, 7) is 0. The molecular weight excluding hydrogens is 318 g/mol. The first-order valence-corrected chi connectivity index (χ1v) is 8.19. The van der Waals surface area contributed by atoms with E-state index in [4.69, 9.17) is 11.6 Å². The maximum atomic E-state index is 14.0. The SMILES string of the molecule is O=S(=O)(c1ccc(Cl)cc1)C1(c2cc(F)ccc2F)CC1. The van der Waals surface area contributed by atoms with Gasteiger partial charge in [0.05, 0.1) is 4.90 Å². The summed E-state index contributed by atoms with van der Waals surface area (Å²) in [5.74, 6) is -1.35. The molecule has 2 aromatic carbocycles. The van der Waals surface area contributed by atoms with E-state index in [1.54, 1.807) is 0 Å². The highest BCUT2D eigenvalue weighted by molar-refractivity contribution is 7.92. The summed E-state index contributed by atoms with van der Waals surface area (Å²) in [5, 5.41) is 0.413. The third-order valence-corrected chi connectivity index (χ3v) is 6.56. The first-order valence-electron chi connectivity index (χ1n) is 6.33. The number of benzene rings is 2. The highest BCUT2D eigenvalue weighted by atomic mass is 35.5. The monoisotopic (exact) mass is 328 g/mol. The van der Waals surface area contributed by atoms with Gasteiger partial charge in [-0.1, -0.05) is 11.6 Å². The van der Waals surface area contributed by atoms with Crippen LogP contribution in [0.1, 0.15) is 18.4 Å². The van der Waals surface area contributed by atoms with Crippen LogP contribution in [0.3, 0.4) is 0 Å². The zero-order chi connectivity index (χ0) is 15.3. The van der Waals surface area contributed by atoms with Crippen molar-refractivity contribution in [3.05, 3.63) is 64.7 Å². The van der Waals surface area contributed by atoms with Crippen LogP contribution in [0, 0.1) is 11.6 Å². The lowest BCUT2D eigenvalue weighted by Gasteiger charge is -2.18. The fourth-order valence-corrected chi connectivity index (χ4v) is 4.64. The summed E-state index contributed by atoms with van der Waals surface area (Å²) >= 11 is 5.75. The molecule has 0 heterocycles. The summed E-state index contributed by atoms with van der Waals surface area (Å²) in [6, 6.07) is 8.60. The Bertz CT molecular complexity index is 797. The minimum absolute atomic E-state index is 0.0630. The molecule has 6 heteroatoms. The molecule has 3 rings (SSSR count). The lowest BCUT2D eigenvalue weighted by Crippen LogP contribution is -2.22. The van der Waals surface area contributed by atoms with Crippen LogP contribution in [0.4, 0.5) is 8.78 Å². The van der Waals surface area contributed by atoms with Crippen molar-refractivity contribution >= 4 is 21.4 Å². The van der Waals surface area contributed by atoms with Gasteiger partial charge in [0.1, 0.15) is 16.4 Å². The van der Waals surface area contributed by atoms with Gasteiger partial charge in [-0.15, -0.1) is 0 Å². The molecular formula is C15H11ClF2O2S. The molecule has 0 spiro atoms. The van der Waals surface area contributed by atoms with Crippen molar-refractivity contribution in [3.63, 3.8) is 0 Å². The highest BCUT2D eigenvalue weighted by Crippen LogP contribution is 2.55. The van der Waals surface area contributed by atoms with Crippen molar-refractivity contribution in [1.29, 1.82) is 0 Å². The van der Waals surface area contributed by atoms with E-state index in [9.17, 15) is 17.2 Å². The Kier molecular flexibility index (Phi) is 3.30. The molecule has 0 aromatic heterocycles. The number of sulfone groups is 1. The van der Waals surface area contributed by atoms with Gasteiger partial charge >= 0.3 is 0 Å². The topological polar surface area (TPSA) is 34.1 Å². The molecule has 1 aliphatic rings. The fraction of sp³-hybridized carbons (Fsp3) is 0.200. The van der Waals surface area contributed by atoms with Crippen molar-refractivity contribution in [2.45, 2.75) is 22.5 Å². The molecule has 0 unspecified atom stereocenters. The Labute approximate surface area is 126 Å². The zero-order valence-electron chi connectivity index (χ0n) is 10.8. The van der Waals surface area contributed by atoms with Crippen LogP contribution in [-0.4, -0.2) is 8.42 Å². The number of halogens is 3. The van der Waals surface area contributed by atoms with E-state index in [1.165, 1.54) is 24.3 Å². The van der Waals surface area contributed by atoms with Gasteiger partial charge in [0, 0.05) is 10.6 Å². The van der Waals surface area contributed by atoms with E-state index in [0.29, 0.717) is 5.02 Å². The fourth-order valence-electron chi connectivity index (χ4n) is 2.48. The van der Waals surface area contributed by atoms with Gasteiger partial charge in [0.2, 0.25) is 0 Å². The number of rotatable bonds is 3. The summed E-state index contributed by atoms with van der Waals surface area (Å²) in [7, 11) is -3.80. The number of hydrogen-bond acceptors (Lipinski definition) is 2. The lowest BCUT2D eigenvalue weighted by molar-refractivity contribution is 0.557. The minimum atomic E-state index is -3.80. The maximum Gasteiger partial charge on any atom is 0.188 e. The molecule has 110 valence electrons. The average Bonchev–Trinajstić information content (AvgIpc) is 3.24. The van der Waals surface area contributed by atoms with E-state index in [0.717, 1.165) is 18.2 Å². The largest absolute Gasteiger partial charge is 0.223 e. The van der Waals surface area contributed by atoms with Crippen molar-refractivity contribution < 1.29 is 17.2 Å². The van der Waals surface area contributed by atoms with Crippen molar-refractivity contribution in [2.75, 3.05) is 0 Å². The Morgan fingerprint density at radius 2 is 1.62 bits per heavy atom. The molecule has 0 radical (unpaired) electrons. The second kappa shape index (κ2) is 4.78. The molecule has 0 N–H and O–H groups in total. The molecule has 0 amide bonds. The zero-order valence-corrected chi connectivity index (χ0v) is 12.4. The Morgan fingerprint density at radius 3 is 2.19 bits per heavy atom. The molecule has 0 atom stereocenters. The van der Waals surface area contributed by atoms with E-state index in [-0.39, 0.29) is 23.3 Å². The second-order valence-electron chi connectivity index (χ2n) is 5.08. The van der Waals surface area contributed by atoms with E-state index in [1.807, 2.05) is 0 Å². The molecule has 1 fully saturated rings. The van der Waals surface area contributed by atoms with Gasteiger partial charge in [-0.2, -0.15) is 0 Å². The van der Waals surface area contributed by atoms with Crippen LogP contribution in [0.15, 0.2) is 47.4 Å². The lowest BCUT2D eigenvalue weighted by atomic mass is 10.1. The predicted octanol–water partition coefficient (Wildman–Crippen LogP) is 4.08. The molecule has 0 saturated heterocycles. The van der Waals surface area contributed by atoms with E-state index in [2.05, 4.69) is 0 Å². The summed E-state index contributed by atoms with van der Waals surface area (Å²) in [6.07, 6.45) is 0.552. The second-order valence-corrected chi connectivity index (χ2v) is 7.77. The first kappa shape index (κ1) is 14.5. The third-order valence-electron chi connectivity index (χ3n) is 3.76. The Morgan fingerprint density at radius 1 is 1.00 bits per heavy atom. The van der Waals surface area contributed by atoms with Crippen molar-refractivity contribution in [2.24, 2.45) is 0 Å². The summed E-state index contributed by atoms with van der Waals surface area (Å²) in [4.78, 5) is 0.0630. The number of hydrogen-bond donors (Lipinski definition) is 0. The minimum Gasteiger partial charge on any atom is -0.223 e. The standard InChI is InChI=1S/C15H11ClF2O2S/c16-10-1-4-12(5-2-10)21(19,20)15(7-8-15)13-9-11(17)3-6-14(13)18/h1-6,9H,7-8H2. The van der Waals surface area contributed by atoms with Crippen LogP contribution < -0.4 is 0 Å². The molecule has 21 heavy (non-hydrogen) atoms. The molecule has 0 bridgehead atoms. The van der Waals surface area contributed by atoms with Crippen LogP contribution in [0.5, 0.6) is 0 Å². The van der Waals surface area contributed by atoms with Gasteiger partial charge < -0.3 is 0 Å². The molecule has 1 aliphatic carbocycles. The highest BCUT2D eigenvalue weighted by Gasteiger charge is 2.57. The van der Waals surface area contributed by atoms with Gasteiger partial charge in [-0.3, -0.25) is 0 Å². The van der Waals surface area contributed by atoms with E-state index >= 15 is 0 Å². The predicted molar refractivity (Wildman–Crippen MR) is 75.9 cm³/mol. The first-order chi connectivity index (χ1) is 9.87. The third kappa shape index (κ3) is 2.24. The van der Waals surface area contributed by atoms with Gasteiger partial charge in [-0.25, -0.2) is 17.2 Å². The summed E-state index contributed by atoms with van der Waals surface area (Å²) < 4.78 is 51.5. The molecule has 1 saturated carbocycles. The molecule has 2 nitrogen and oxygen atoms in total. The quantitative estimate of drug-likeness (QED) is 0.850. The van der Waals surface area contributed by atoms with Crippen LogP contribution in [-0.2, 0) is 14.6 Å². The maximum absolute atomic E-state index is 14.0. The average molecular weight is 329 g/mol. The Balaban J connectivity index is 2.14. The van der Waals surface area contributed by atoms with Crippen LogP contribution in [0.2, 0.25) is 5.02 Å². The smallest absolute Gasteiger partial charge is 0.188 e. The van der Waals surface area contributed by atoms with Crippen LogP contribution in [0.25, 0.3) is 0 Å². The molecule has 0 aliphatic heterocycles. The molecule has 2 aromatic rings. The van der Waals surface area contributed by atoms with E-state index < -0.39 is 26.2 Å². The van der Waals surface area contributed by atoms with Crippen LogP contribution >= 0.6 is 11.6 Å². The van der Waals surface area contributed by atoms with Crippen molar-refractivity contribution in [1.82, 2.24) is 0 Å². The van der Waals surface area contributed by atoms with Gasteiger partial charge in [-0.05, 0) is 55.3 Å². The van der Waals surface area contributed by atoms with Crippen molar-refractivity contribution in [3.8, 4) is 0 Å². The van der Waals surface area contributed by atoms with Gasteiger partial charge in [0.15, 0.2) is 9.84 Å². The van der Waals surface area contributed by atoms with Gasteiger partial charge in [0.25, 0.3) is 0 Å².